The molecule has 128 valence electrons. The Labute approximate surface area is 144 Å². The molecular formula is C20H25NO3. The zero-order chi connectivity index (χ0) is 17.4. The van der Waals surface area contributed by atoms with E-state index in [1.54, 1.807) is 14.2 Å². The van der Waals surface area contributed by atoms with E-state index in [1.165, 1.54) is 5.56 Å². The summed E-state index contributed by atoms with van der Waals surface area (Å²) in [7, 11) is 3.32. The Morgan fingerprint density at radius 1 is 1.00 bits per heavy atom. The van der Waals surface area contributed by atoms with Gasteiger partial charge < -0.3 is 19.5 Å². The van der Waals surface area contributed by atoms with Crippen molar-refractivity contribution in [2.75, 3.05) is 20.8 Å². The second kappa shape index (κ2) is 8.99. The minimum absolute atomic E-state index is 0.478. The van der Waals surface area contributed by atoms with Crippen molar-refractivity contribution >= 4 is 0 Å². The molecule has 2 aromatic carbocycles. The van der Waals surface area contributed by atoms with Gasteiger partial charge in [-0.25, -0.2) is 0 Å². The molecular weight excluding hydrogens is 302 g/mol. The fraction of sp³-hybridized carbons (Fsp3) is 0.300. The average molecular weight is 327 g/mol. The van der Waals surface area contributed by atoms with Crippen LogP contribution < -0.4 is 19.5 Å². The smallest absolute Gasteiger partial charge is 0.166 e. The summed E-state index contributed by atoms with van der Waals surface area (Å²) in [4.78, 5) is 0. The van der Waals surface area contributed by atoms with Gasteiger partial charge >= 0.3 is 0 Å². The molecule has 2 rings (SSSR count). The zero-order valence-electron chi connectivity index (χ0n) is 14.6. The van der Waals surface area contributed by atoms with Crippen LogP contribution in [0.2, 0.25) is 0 Å². The second-order valence-corrected chi connectivity index (χ2v) is 5.65. The molecule has 0 atom stereocenters. The van der Waals surface area contributed by atoms with Crippen molar-refractivity contribution in [3.05, 3.63) is 65.7 Å². The van der Waals surface area contributed by atoms with E-state index in [0.29, 0.717) is 13.2 Å². The highest BCUT2D eigenvalue weighted by Crippen LogP contribution is 2.31. The topological polar surface area (TPSA) is 39.7 Å². The summed E-state index contributed by atoms with van der Waals surface area (Å²) < 4.78 is 16.5. The van der Waals surface area contributed by atoms with Crippen LogP contribution in [-0.2, 0) is 13.1 Å². The largest absolute Gasteiger partial charge is 0.497 e. The molecule has 2 aromatic rings. The minimum Gasteiger partial charge on any atom is -0.497 e. The molecule has 0 bridgehead atoms. The van der Waals surface area contributed by atoms with Crippen LogP contribution in [0.5, 0.6) is 17.2 Å². The number of methoxy groups -OCH3 is 2. The van der Waals surface area contributed by atoms with Crippen molar-refractivity contribution < 1.29 is 14.2 Å². The SMILES string of the molecule is C=C(C)COc1c(CNCc2ccc(OC)cc2)cccc1OC. The highest BCUT2D eigenvalue weighted by Gasteiger charge is 2.10. The monoisotopic (exact) mass is 327 g/mol. The summed E-state index contributed by atoms with van der Waals surface area (Å²) in [6.07, 6.45) is 0. The summed E-state index contributed by atoms with van der Waals surface area (Å²) in [5, 5.41) is 3.44. The molecule has 4 nitrogen and oxygen atoms in total. The van der Waals surface area contributed by atoms with Gasteiger partial charge in [0, 0.05) is 18.7 Å². The van der Waals surface area contributed by atoms with Gasteiger partial charge in [0.05, 0.1) is 14.2 Å². The first-order valence-electron chi connectivity index (χ1n) is 7.90. The van der Waals surface area contributed by atoms with Gasteiger partial charge in [-0.2, -0.15) is 0 Å². The summed E-state index contributed by atoms with van der Waals surface area (Å²) >= 11 is 0. The molecule has 0 amide bonds. The van der Waals surface area contributed by atoms with Gasteiger partial charge in [-0.15, -0.1) is 0 Å². The Kier molecular flexibility index (Phi) is 6.70. The number of benzene rings is 2. The molecule has 0 aliphatic carbocycles. The van der Waals surface area contributed by atoms with Crippen molar-refractivity contribution in [3.63, 3.8) is 0 Å². The van der Waals surface area contributed by atoms with Crippen LogP contribution in [0.1, 0.15) is 18.1 Å². The highest BCUT2D eigenvalue weighted by atomic mass is 16.5. The summed E-state index contributed by atoms with van der Waals surface area (Å²) in [5.74, 6) is 2.37. The van der Waals surface area contributed by atoms with Gasteiger partial charge in [0.2, 0.25) is 0 Å². The molecule has 0 spiro atoms. The van der Waals surface area contributed by atoms with Crippen molar-refractivity contribution in [2.45, 2.75) is 20.0 Å². The van der Waals surface area contributed by atoms with E-state index in [-0.39, 0.29) is 0 Å². The lowest BCUT2D eigenvalue weighted by molar-refractivity contribution is 0.315. The van der Waals surface area contributed by atoms with Crippen molar-refractivity contribution in [3.8, 4) is 17.2 Å². The van der Waals surface area contributed by atoms with Crippen LogP contribution in [0.25, 0.3) is 0 Å². The standard InChI is InChI=1S/C20H25NO3/c1-15(2)14-24-20-17(6-5-7-19(20)23-4)13-21-12-16-8-10-18(22-3)11-9-16/h5-11,21H,1,12-14H2,2-4H3. The quantitative estimate of drug-likeness (QED) is 0.708. The van der Waals surface area contributed by atoms with Crippen molar-refractivity contribution in [2.24, 2.45) is 0 Å². The van der Waals surface area contributed by atoms with E-state index in [0.717, 1.165) is 34.9 Å². The molecule has 0 unspecified atom stereocenters. The van der Waals surface area contributed by atoms with Gasteiger partial charge in [-0.3, -0.25) is 0 Å². The van der Waals surface area contributed by atoms with Gasteiger partial charge in [0.25, 0.3) is 0 Å². The molecule has 0 aliphatic heterocycles. The van der Waals surface area contributed by atoms with Crippen LogP contribution in [0.4, 0.5) is 0 Å². The fourth-order valence-corrected chi connectivity index (χ4v) is 2.31. The molecule has 0 saturated heterocycles. The maximum atomic E-state index is 5.87. The van der Waals surface area contributed by atoms with Gasteiger partial charge in [0.15, 0.2) is 11.5 Å². The maximum absolute atomic E-state index is 5.87. The minimum atomic E-state index is 0.478. The van der Waals surface area contributed by atoms with E-state index in [1.807, 2.05) is 37.3 Å². The van der Waals surface area contributed by atoms with E-state index in [2.05, 4.69) is 24.0 Å². The summed E-state index contributed by atoms with van der Waals surface area (Å²) in [6, 6.07) is 13.9. The molecule has 4 heteroatoms. The average Bonchev–Trinajstić information content (AvgIpc) is 2.60. The van der Waals surface area contributed by atoms with E-state index in [9.17, 15) is 0 Å². The lowest BCUT2D eigenvalue weighted by Gasteiger charge is -2.15. The van der Waals surface area contributed by atoms with Crippen LogP contribution in [0.15, 0.2) is 54.6 Å². The first-order chi connectivity index (χ1) is 11.6. The third-order valence-corrected chi connectivity index (χ3v) is 3.55. The number of para-hydroxylation sites is 1. The van der Waals surface area contributed by atoms with Crippen molar-refractivity contribution in [1.29, 1.82) is 0 Å². The molecule has 0 aliphatic rings. The zero-order valence-corrected chi connectivity index (χ0v) is 14.6. The molecule has 0 aromatic heterocycles. The van der Waals surface area contributed by atoms with E-state index >= 15 is 0 Å². The van der Waals surface area contributed by atoms with Crippen LogP contribution in [0.3, 0.4) is 0 Å². The number of nitrogens with one attached hydrogen (secondary N) is 1. The lowest BCUT2D eigenvalue weighted by Crippen LogP contribution is -2.14. The number of hydrogen-bond donors (Lipinski definition) is 1. The second-order valence-electron chi connectivity index (χ2n) is 5.65. The number of rotatable bonds is 9. The molecule has 24 heavy (non-hydrogen) atoms. The van der Waals surface area contributed by atoms with E-state index < -0.39 is 0 Å². The van der Waals surface area contributed by atoms with Crippen molar-refractivity contribution in [1.82, 2.24) is 5.32 Å². The van der Waals surface area contributed by atoms with Crippen LogP contribution in [0, 0.1) is 0 Å². The van der Waals surface area contributed by atoms with Gasteiger partial charge in [-0.1, -0.05) is 30.8 Å². The van der Waals surface area contributed by atoms with Crippen LogP contribution >= 0.6 is 0 Å². The fourth-order valence-electron chi connectivity index (χ4n) is 2.31. The summed E-state index contributed by atoms with van der Waals surface area (Å²) in [6.45, 7) is 7.75. The first kappa shape index (κ1) is 17.9. The Morgan fingerprint density at radius 3 is 2.38 bits per heavy atom. The number of hydrogen-bond acceptors (Lipinski definition) is 4. The van der Waals surface area contributed by atoms with Gasteiger partial charge in [0.1, 0.15) is 12.4 Å². The molecule has 0 saturated carbocycles. The predicted octanol–water partition coefficient (Wildman–Crippen LogP) is 3.95. The number of ether oxygens (including phenoxy) is 3. The Hall–Kier alpha value is -2.46. The maximum Gasteiger partial charge on any atom is 0.166 e. The molecule has 0 heterocycles. The highest BCUT2D eigenvalue weighted by molar-refractivity contribution is 5.46. The van der Waals surface area contributed by atoms with E-state index in [4.69, 9.17) is 14.2 Å². The first-order valence-corrected chi connectivity index (χ1v) is 7.90. The Bertz CT molecular complexity index is 665. The lowest BCUT2D eigenvalue weighted by atomic mass is 10.1. The molecule has 1 N–H and O–H groups in total. The predicted molar refractivity (Wildman–Crippen MR) is 96.8 cm³/mol. The molecule has 0 radical (unpaired) electrons. The summed E-state index contributed by atoms with van der Waals surface area (Å²) in [5.41, 5.74) is 3.23. The Morgan fingerprint density at radius 2 is 1.75 bits per heavy atom. The Balaban J connectivity index is 2.01. The van der Waals surface area contributed by atoms with Crippen LogP contribution in [-0.4, -0.2) is 20.8 Å². The van der Waals surface area contributed by atoms with Gasteiger partial charge in [-0.05, 0) is 36.3 Å². The third-order valence-electron chi connectivity index (χ3n) is 3.55. The normalized spacial score (nSPS) is 10.3. The third kappa shape index (κ3) is 5.03. The molecule has 0 fully saturated rings.